The van der Waals surface area contributed by atoms with Gasteiger partial charge in [-0.25, -0.2) is 0 Å². The summed E-state index contributed by atoms with van der Waals surface area (Å²) in [5.74, 6) is 0.750. The molecular weight excluding hydrogens is 232 g/mol. The van der Waals surface area contributed by atoms with Crippen molar-refractivity contribution in [1.82, 2.24) is 10.2 Å². The zero-order valence-electron chi connectivity index (χ0n) is 11.7. The van der Waals surface area contributed by atoms with Gasteiger partial charge in [0.2, 0.25) is 0 Å². The lowest BCUT2D eigenvalue weighted by molar-refractivity contribution is 0.0818. The van der Waals surface area contributed by atoms with E-state index in [2.05, 4.69) is 34.5 Å². The van der Waals surface area contributed by atoms with Crippen molar-refractivity contribution >= 4 is 0 Å². The highest BCUT2D eigenvalue weighted by Gasteiger charge is 2.40. The van der Waals surface area contributed by atoms with Gasteiger partial charge >= 0.3 is 0 Å². The Bertz CT molecular complexity index is 423. The van der Waals surface area contributed by atoms with E-state index in [1.54, 1.807) is 11.1 Å². The number of piperidine rings is 3. The van der Waals surface area contributed by atoms with E-state index in [1.807, 2.05) is 0 Å². The van der Waals surface area contributed by atoms with E-state index in [0.29, 0.717) is 5.41 Å². The molecule has 5 rings (SSSR count). The van der Waals surface area contributed by atoms with E-state index in [1.165, 1.54) is 58.4 Å². The summed E-state index contributed by atoms with van der Waals surface area (Å²) in [6.07, 6.45) is 5.42. The second kappa shape index (κ2) is 4.60. The van der Waals surface area contributed by atoms with E-state index in [4.69, 9.17) is 0 Å². The highest BCUT2D eigenvalue weighted by Crippen LogP contribution is 2.43. The monoisotopic (exact) mass is 256 g/mol. The molecule has 2 bridgehead atoms. The largest absolute Gasteiger partial charge is 0.316 e. The molecule has 2 nitrogen and oxygen atoms in total. The Morgan fingerprint density at radius 2 is 1.68 bits per heavy atom. The van der Waals surface area contributed by atoms with E-state index < -0.39 is 0 Å². The summed E-state index contributed by atoms with van der Waals surface area (Å²) in [6.45, 7) is 6.29. The van der Waals surface area contributed by atoms with Crippen LogP contribution in [0, 0.1) is 0 Å². The third-order valence-corrected chi connectivity index (χ3v) is 5.77. The predicted octanol–water partition coefficient (Wildman–Crippen LogP) is 2.50. The molecule has 2 heteroatoms. The summed E-state index contributed by atoms with van der Waals surface area (Å²) in [6, 6.07) is 9.69. The lowest BCUT2D eigenvalue weighted by atomic mass is 9.67. The molecule has 0 amide bonds. The van der Waals surface area contributed by atoms with Gasteiger partial charge in [0.25, 0.3) is 0 Å². The summed E-state index contributed by atoms with van der Waals surface area (Å²) in [5.41, 5.74) is 3.67. The van der Waals surface area contributed by atoms with E-state index in [9.17, 15) is 0 Å². The summed E-state index contributed by atoms with van der Waals surface area (Å²) in [7, 11) is 0. The van der Waals surface area contributed by atoms with Gasteiger partial charge < -0.3 is 10.2 Å². The fraction of sp³-hybridized carbons (Fsp3) is 0.647. The maximum absolute atomic E-state index is 3.47. The van der Waals surface area contributed by atoms with Gasteiger partial charge in [0, 0.05) is 6.54 Å². The van der Waals surface area contributed by atoms with Crippen LogP contribution >= 0.6 is 0 Å². The van der Waals surface area contributed by atoms with Gasteiger partial charge in [-0.3, -0.25) is 0 Å². The molecular formula is C17H24N2. The SMILES string of the molecule is c1cc(C23CCN(CC2)CC3)ccc1C1CCNC1. The zero-order valence-corrected chi connectivity index (χ0v) is 11.7. The lowest BCUT2D eigenvalue weighted by Gasteiger charge is -2.49. The van der Waals surface area contributed by atoms with Crippen LogP contribution in [-0.4, -0.2) is 37.6 Å². The van der Waals surface area contributed by atoms with E-state index in [0.717, 1.165) is 5.92 Å². The van der Waals surface area contributed by atoms with Crippen molar-refractivity contribution in [3.8, 4) is 0 Å². The molecule has 0 aromatic heterocycles. The van der Waals surface area contributed by atoms with Gasteiger partial charge in [0.15, 0.2) is 0 Å². The van der Waals surface area contributed by atoms with Crippen LogP contribution in [0.3, 0.4) is 0 Å². The minimum Gasteiger partial charge on any atom is -0.316 e. The topological polar surface area (TPSA) is 15.3 Å². The molecule has 4 heterocycles. The Morgan fingerprint density at radius 3 is 2.26 bits per heavy atom. The molecule has 0 spiro atoms. The highest BCUT2D eigenvalue weighted by atomic mass is 15.1. The van der Waals surface area contributed by atoms with Gasteiger partial charge in [-0.1, -0.05) is 24.3 Å². The van der Waals surface area contributed by atoms with Gasteiger partial charge in [-0.2, -0.15) is 0 Å². The Labute approximate surface area is 116 Å². The van der Waals surface area contributed by atoms with Crippen LogP contribution in [0.15, 0.2) is 24.3 Å². The number of fused-ring (bicyclic) bond motifs is 3. The van der Waals surface area contributed by atoms with Crippen LogP contribution in [0.4, 0.5) is 0 Å². The number of hydrogen-bond acceptors (Lipinski definition) is 2. The summed E-state index contributed by atoms with van der Waals surface area (Å²) < 4.78 is 0. The lowest BCUT2D eigenvalue weighted by Crippen LogP contribution is -2.50. The van der Waals surface area contributed by atoms with Crippen LogP contribution in [0.2, 0.25) is 0 Å². The maximum Gasteiger partial charge on any atom is 0.00206 e. The molecule has 4 aliphatic heterocycles. The predicted molar refractivity (Wildman–Crippen MR) is 78.6 cm³/mol. The highest BCUT2D eigenvalue weighted by molar-refractivity contribution is 5.33. The molecule has 1 aromatic carbocycles. The summed E-state index contributed by atoms with van der Waals surface area (Å²) in [5, 5.41) is 3.47. The van der Waals surface area contributed by atoms with Crippen LogP contribution < -0.4 is 5.32 Å². The Morgan fingerprint density at radius 1 is 1.00 bits per heavy atom. The molecule has 102 valence electrons. The first-order valence-electron chi connectivity index (χ1n) is 7.89. The molecule has 1 aromatic rings. The Hall–Kier alpha value is -0.860. The van der Waals surface area contributed by atoms with Crippen molar-refractivity contribution in [2.75, 3.05) is 32.7 Å². The quantitative estimate of drug-likeness (QED) is 0.874. The van der Waals surface area contributed by atoms with Crippen molar-refractivity contribution in [2.45, 2.75) is 37.0 Å². The summed E-state index contributed by atoms with van der Waals surface area (Å²) in [4.78, 5) is 2.63. The first kappa shape index (κ1) is 11.9. The number of benzene rings is 1. The second-order valence-electron chi connectivity index (χ2n) is 6.68. The minimum absolute atomic E-state index is 0.515. The zero-order chi connectivity index (χ0) is 12.7. The minimum atomic E-state index is 0.515. The van der Waals surface area contributed by atoms with Gasteiger partial charge in [0.05, 0.1) is 0 Å². The van der Waals surface area contributed by atoms with Crippen molar-refractivity contribution in [3.05, 3.63) is 35.4 Å². The number of nitrogens with zero attached hydrogens (tertiary/aromatic N) is 1. The molecule has 4 fully saturated rings. The molecule has 0 saturated carbocycles. The van der Waals surface area contributed by atoms with Gasteiger partial charge in [-0.15, -0.1) is 0 Å². The van der Waals surface area contributed by atoms with E-state index in [-0.39, 0.29) is 0 Å². The molecule has 1 N–H and O–H groups in total. The average Bonchev–Trinajstić information content (AvgIpc) is 3.04. The summed E-state index contributed by atoms with van der Waals surface area (Å²) >= 11 is 0. The molecule has 4 aliphatic rings. The Kier molecular flexibility index (Phi) is 2.89. The molecule has 19 heavy (non-hydrogen) atoms. The number of hydrogen-bond donors (Lipinski definition) is 1. The van der Waals surface area contributed by atoms with Crippen LogP contribution in [0.5, 0.6) is 0 Å². The fourth-order valence-electron chi connectivity index (χ4n) is 4.31. The van der Waals surface area contributed by atoms with Crippen molar-refractivity contribution in [3.63, 3.8) is 0 Å². The van der Waals surface area contributed by atoms with Crippen LogP contribution in [0.1, 0.15) is 42.7 Å². The van der Waals surface area contributed by atoms with Gasteiger partial charge in [-0.05, 0) is 74.3 Å². The first-order valence-corrected chi connectivity index (χ1v) is 7.89. The van der Waals surface area contributed by atoms with E-state index >= 15 is 0 Å². The first-order chi connectivity index (χ1) is 9.36. The van der Waals surface area contributed by atoms with Crippen LogP contribution in [-0.2, 0) is 5.41 Å². The number of rotatable bonds is 2. The van der Waals surface area contributed by atoms with Crippen molar-refractivity contribution in [2.24, 2.45) is 0 Å². The number of nitrogens with one attached hydrogen (secondary N) is 1. The third-order valence-electron chi connectivity index (χ3n) is 5.77. The fourth-order valence-corrected chi connectivity index (χ4v) is 4.31. The Balaban J connectivity index is 1.58. The standard InChI is InChI=1S/C17H24N2/c1-3-16(4-2-14(1)15-5-9-18-13-15)17-6-10-19(11-7-17)12-8-17/h1-4,15,18H,5-13H2. The third kappa shape index (κ3) is 2.02. The van der Waals surface area contributed by atoms with Gasteiger partial charge in [0.1, 0.15) is 0 Å². The average molecular weight is 256 g/mol. The van der Waals surface area contributed by atoms with Crippen molar-refractivity contribution < 1.29 is 0 Å². The maximum atomic E-state index is 3.47. The molecule has 1 atom stereocenters. The molecule has 0 aliphatic carbocycles. The van der Waals surface area contributed by atoms with Crippen LogP contribution in [0.25, 0.3) is 0 Å². The normalized spacial score (nSPS) is 37.7. The molecule has 0 radical (unpaired) electrons. The molecule has 1 unspecified atom stereocenters. The second-order valence-corrected chi connectivity index (χ2v) is 6.68. The molecule has 4 saturated heterocycles. The van der Waals surface area contributed by atoms with Crippen molar-refractivity contribution in [1.29, 1.82) is 0 Å². The smallest absolute Gasteiger partial charge is 0.00206 e.